The number of benzene rings is 2. The van der Waals surface area contributed by atoms with Crippen LogP contribution in [0.3, 0.4) is 0 Å². The largest absolute Gasteiger partial charge is 0.497 e. The summed E-state index contributed by atoms with van der Waals surface area (Å²) in [4.78, 5) is 40.9. The van der Waals surface area contributed by atoms with Gasteiger partial charge in [0.2, 0.25) is 5.91 Å². The molecular weight excluding hydrogens is 434 g/mol. The van der Waals surface area contributed by atoms with Gasteiger partial charge >= 0.3 is 0 Å². The van der Waals surface area contributed by atoms with E-state index in [0.29, 0.717) is 11.1 Å². The highest BCUT2D eigenvalue weighted by atomic mass is 16.5. The van der Waals surface area contributed by atoms with E-state index in [1.54, 1.807) is 0 Å². The Labute approximate surface area is 207 Å². The average Bonchev–Trinajstić information content (AvgIpc) is 3.32. The van der Waals surface area contributed by atoms with E-state index < -0.39 is 83.9 Å². The molecule has 0 bridgehead atoms. The van der Waals surface area contributed by atoms with Crippen molar-refractivity contribution in [2.24, 2.45) is 5.73 Å². The molecule has 0 spiro atoms. The number of fused-ring (bicyclic) bond motifs is 1. The Balaban J connectivity index is 1.66. The van der Waals surface area contributed by atoms with Gasteiger partial charge in [-0.1, -0.05) is 0 Å². The van der Waals surface area contributed by atoms with Crippen LogP contribution in [0, 0.1) is 0 Å². The average molecular weight is 468 g/mol. The van der Waals surface area contributed by atoms with E-state index in [-0.39, 0.29) is 30.0 Å². The first kappa shape index (κ1) is 14.2. The van der Waals surface area contributed by atoms with Crippen molar-refractivity contribution in [1.82, 2.24) is 9.78 Å². The number of amides is 3. The second-order valence-electron chi connectivity index (χ2n) is 7.56. The first-order valence-electron chi connectivity index (χ1n) is 14.5. The fraction of sp³-hybridized carbons (Fsp3) is 0.280. The quantitative estimate of drug-likeness (QED) is 0.620. The number of carbonyl (C=O) groups excluding carboxylic acids is 3. The maximum Gasteiger partial charge on any atom is 0.277 e. The summed E-state index contributed by atoms with van der Waals surface area (Å²) >= 11 is 0. The van der Waals surface area contributed by atoms with E-state index in [4.69, 9.17) is 21.4 Å². The molecular formula is C25H25N5O4. The van der Waals surface area contributed by atoms with Gasteiger partial charge < -0.3 is 20.3 Å². The zero-order valence-corrected chi connectivity index (χ0v) is 18.1. The van der Waals surface area contributed by atoms with Gasteiger partial charge in [0.05, 0.1) is 18.3 Å². The molecule has 3 amide bonds. The molecule has 2 aliphatic rings. The van der Waals surface area contributed by atoms with Crippen LogP contribution >= 0.6 is 0 Å². The van der Waals surface area contributed by atoms with Gasteiger partial charge in [-0.25, -0.2) is 4.68 Å². The van der Waals surface area contributed by atoms with Crippen molar-refractivity contribution < 1.29 is 30.1 Å². The Hall–Kier alpha value is -4.14. The Morgan fingerprint density at radius 2 is 1.74 bits per heavy atom. The summed E-state index contributed by atoms with van der Waals surface area (Å²) in [6.07, 6.45) is -1.65. The summed E-state index contributed by atoms with van der Waals surface area (Å²) in [6.45, 7) is -2.49. The Bertz CT molecular complexity index is 1630. The van der Waals surface area contributed by atoms with Crippen molar-refractivity contribution in [3.63, 3.8) is 0 Å². The van der Waals surface area contributed by atoms with Crippen LogP contribution in [0.5, 0.6) is 5.75 Å². The zero-order valence-electron chi connectivity index (χ0n) is 26.1. The SMILES string of the molecule is [2H]c1c([2H])c(-n2nc(C(N)=O)c3c2C(=O)N(c2ccc(N4C(=O)CCCC4([2H])[2H])cc2)CC3([2H])[2H])c([2H])c([2H])c1OC. The van der Waals surface area contributed by atoms with Gasteiger partial charge in [0.25, 0.3) is 11.8 Å². The second kappa shape index (κ2) is 8.66. The molecule has 34 heavy (non-hydrogen) atoms. The third kappa shape index (κ3) is 3.68. The monoisotopic (exact) mass is 467 g/mol. The van der Waals surface area contributed by atoms with Crippen LogP contribution in [0.2, 0.25) is 0 Å². The van der Waals surface area contributed by atoms with Crippen LogP contribution in [-0.2, 0) is 11.2 Å². The molecule has 3 aromatic rings. The molecule has 0 atom stereocenters. The number of nitrogens with zero attached hydrogens (tertiary/aromatic N) is 4. The molecule has 1 fully saturated rings. The molecule has 2 N–H and O–H groups in total. The smallest absolute Gasteiger partial charge is 0.277 e. The molecule has 2 aliphatic heterocycles. The molecule has 0 radical (unpaired) electrons. The van der Waals surface area contributed by atoms with Gasteiger partial charge in [-0.3, -0.25) is 14.4 Å². The maximum absolute atomic E-state index is 14.0. The van der Waals surface area contributed by atoms with Crippen LogP contribution in [0.1, 0.15) is 56.8 Å². The lowest BCUT2D eigenvalue weighted by Crippen LogP contribution is -2.39. The summed E-state index contributed by atoms with van der Waals surface area (Å²) in [6, 6.07) is 3.26. The third-order valence-corrected chi connectivity index (χ3v) is 5.49. The van der Waals surface area contributed by atoms with E-state index in [2.05, 4.69) is 5.10 Å². The normalized spacial score (nSPS) is 22.3. The van der Waals surface area contributed by atoms with E-state index >= 15 is 0 Å². The van der Waals surface area contributed by atoms with E-state index in [0.717, 1.165) is 9.80 Å². The third-order valence-electron chi connectivity index (χ3n) is 5.49. The highest BCUT2D eigenvalue weighted by Crippen LogP contribution is 2.31. The highest BCUT2D eigenvalue weighted by molar-refractivity contribution is 6.09. The Morgan fingerprint density at radius 1 is 1.06 bits per heavy atom. The summed E-state index contributed by atoms with van der Waals surface area (Å²) in [5.41, 5.74) is 3.83. The first-order valence-corrected chi connectivity index (χ1v) is 10.5. The number of primary amides is 1. The molecule has 5 rings (SSSR count). The minimum atomic E-state index is -2.41. The molecule has 1 saturated heterocycles. The van der Waals surface area contributed by atoms with Crippen molar-refractivity contribution in [1.29, 1.82) is 0 Å². The maximum atomic E-state index is 14.0. The minimum Gasteiger partial charge on any atom is -0.497 e. The predicted octanol–water partition coefficient (Wildman–Crippen LogP) is 2.70. The fourth-order valence-corrected chi connectivity index (χ4v) is 3.83. The number of rotatable bonds is 5. The molecule has 9 nitrogen and oxygen atoms in total. The predicted molar refractivity (Wildman–Crippen MR) is 127 cm³/mol. The van der Waals surface area contributed by atoms with Crippen LogP contribution in [0.15, 0.2) is 48.4 Å². The lowest BCUT2D eigenvalue weighted by atomic mass is 10.0. The number of ether oxygens (including phenoxy) is 1. The summed E-state index contributed by atoms with van der Waals surface area (Å²) in [7, 11) is 1.17. The Kier molecular flexibility index (Phi) is 3.62. The number of anilines is 2. The van der Waals surface area contributed by atoms with Gasteiger partial charge in [-0.15, -0.1) is 0 Å². The molecule has 0 saturated carbocycles. The number of nitrogens with two attached hydrogens (primary N) is 1. The van der Waals surface area contributed by atoms with Gasteiger partial charge in [0.1, 0.15) is 11.4 Å². The zero-order chi connectivity index (χ0) is 30.9. The van der Waals surface area contributed by atoms with Gasteiger partial charge in [-0.2, -0.15) is 5.10 Å². The van der Waals surface area contributed by atoms with Crippen LogP contribution in [0.4, 0.5) is 11.4 Å². The van der Waals surface area contributed by atoms with E-state index in [9.17, 15) is 14.4 Å². The minimum absolute atomic E-state index is 0.154. The van der Waals surface area contributed by atoms with Crippen LogP contribution < -0.4 is 20.3 Å². The van der Waals surface area contributed by atoms with Crippen molar-refractivity contribution in [2.45, 2.75) is 25.6 Å². The number of aromatic nitrogens is 2. The number of methoxy groups -OCH3 is 1. The van der Waals surface area contributed by atoms with Crippen molar-refractivity contribution in [3.05, 3.63) is 65.4 Å². The van der Waals surface area contributed by atoms with Crippen LogP contribution in [0.25, 0.3) is 5.69 Å². The van der Waals surface area contributed by atoms with Crippen molar-refractivity contribution >= 4 is 29.1 Å². The molecule has 1 aromatic heterocycles. The lowest BCUT2D eigenvalue weighted by molar-refractivity contribution is -0.119. The number of carbonyl (C=O) groups is 3. The molecule has 9 heteroatoms. The highest BCUT2D eigenvalue weighted by Gasteiger charge is 2.34. The number of hydrogen-bond donors (Lipinski definition) is 1. The Morgan fingerprint density at radius 3 is 2.35 bits per heavy atom. The summed E-state index contributed by atoms with van der Waals surface area (Å²) in [5, 5.41) is 4.02. The molecule has 3 heterocycles. The fourth-order valence-electron chi connectivity index (χ4n) is 3.83. The van der Waals surface area contributed by atoms with E-state index in [1.807, 2.05) is 0 Å². The standard InChI is InChI=1S/C25H25N5O4/c1-34-19-11-9-18(10-12-19)30-23-20(22(27-30)24(26)32)13-15-29(25(23)33)17-7-5-16(6-8-17)28-14-3-2-4-21(28)31/h5-12H,2-4,13-15H2,1H3,(H2,26,32)/i9D,10D,11D,12D,13D2,14D2. The molecule has 174 valence electrons. The number of hydrogen-bond acceptors (Lipinski definition) is 5. The number of piperidine rings is 1. The lowest BCUT2D eigenvalue weighted by Gasteiger charge is -2.29. The van der Waals surface area contributed by atoms with Gasteiger partial charge in [-0.05, 0) is 67.6 Å². The van der Waals surface area contributed by atoms with Crippen molar-refractivity contribution in [3.8, 4) is 11.4 Å². The summed E-state index contributed by atoms with van der Waals surface area (Å²) < 4.78 is 73.1. The topological polar surface area (TPSA) is 111 Å². The molecule has 2 aromatic carbocycles. The van der Waals surface area contributed by atoms with Crippen LogP contribution in [-0.4, -0.2) is 47.7 Å². The van der Waals surface area contributed by atoms with Gasteiger partial charge in [0, 0.05) is 41.9 Å². The van der Waals surface area contributed by atoms with Gasteiger partial charge in [0.15, 0.2) is 5.69 Å². The summed E-state index contributed by atoms with van der Waals surface area (Å²) in [5.74, 6) is -2.78. The van der Waals surface area contributed by atoms with E-state index in [1.165, 1.54) is 31.4 Å². The first-order chi connectivity index (χ1) is 19.6. The second-order valence-corrected chi connectivity index (χ2v) is 7.56. The van der Waals surface area contributed by atoms with Crippen molar-refractivity contribution in [2.75, 3.05) is 30.0 Å². The molecule has 0 unspecified atom stereocenters. The molecule has 0 aliphatic carbocycles.